The van der Waals surface area contributed by atoms with Gasteiger partial charge in [0.1, 0.15) is 0 Å². The zero-order valence-corrected chi connectivity index (χ0v) is 8.75. The number of hydrogen-bond acceptors (Lipinski definition) is 0. The van der Waals surface area contributed by atoms with E-state index in [-0.39, 0.29) is 0 Å². The largest absolute Gasteiger partial charge is 0.0877 e. The van der Waals surface area contributed by atoms with Gasteiger partial charge >= 0.3 is 0 Å². The molecule has 1 unspecified atom stereocenters. The molecule has 0 saturated carbocycles. The summed E-state index contributed by atoms with van der Waals surface area (Å²) in [5, 5.41) is 0. The van der Waals surface area contributed by atoms with Crippen LogP contribution in [0.15, 0.2) is 47.6 Å². The summed E-state index contributed by atoms with van der Waals surface area (Å²) in [5.41, 5.74) is 2.72. The van der Waals surface area contributed by atoms with E-state index in [1.165, 1.54) is 17.6 Å². The van der Waals surface area contributed by atoms with E-state index in [1.54, 1.807) is 0 Å². The summed E-state index contributed by atoms with van der Waals surface area (Å²) < 4.78 is 0. The van der Waals surface area contributed by atoms with Crippen LogP contribution in [0.4, 0.5) is 0 Å². The molecule has 70 valence electrons. The summed E-state index contributed by atoms with van der Waals surface area (Å²) in [6, 6.07) is 0. The van der Waals surface area contributed by atoms with Crippen molar-refractivity contribution in [2.45, 2.75) is 27.2 Å². The molecule has 1 atom stereocenters. The molecule has 1 aliphatic rings. The molecular weight excluding hydrogens is 156 g/mol. The first-order chi connectivity index (χ1) is 6.24. The van der Waals surface area contributed by atoms with Gasteiger partial charge in [0.25, 0.3) is 0 Å². The fourth-order valence-corrected chi connectivity index (χ4v) is 1.36. The van der Waals surface area contributed by atoms with Gasteiger partial charge in [0, 0.05) is 0 Å². The number of allylic oxidation sites excluding steroid dienone is 8. The molecule has 0 aliphatic heterocycles. The van der Waals surface area contributed by atoms with E-state index in [9.17, 15) is 0 Å². The first-order valence-corrected chi connectivity index (χ1v) is 4.92. The maximum atomic E-state index is 2.32. The Balaban J connectivity index is 2.69. The molecule has 0 aromatic rings. The van der Waals surface area contributed by atoms with Crippen LogP contribution in [0.3, 0.4) is 0 Å². The summed E-state index contributed by atoms with van der Waals surface area (Å²) in [7, 11) is 0. The van der Waals surface area contributed by atoms with E-state index in [2.05, 4.69) is 50.3 Å². The molecule has 0 nitrogen and oxygen atoms in total. The van der Waals surface area contributed by atoms with E-state index in [4.69, 9.17) is 0 Å². The molecule has 0 aromatic carbocycles. The molecule has 0 amide bonds. The maximum Gasteiger partial charge on any atom is -0.0224 e. The van der Waals surface area contributed by atoms with E-state index >= 15 is 0 Å². The van der Waals surface area contributed by atoms with E-state index in [1.807, 2.05) is 6.92 Å². The van der Waals surface area contributed by atoms with Gasteiger partial charge in [0.15, 0.2) is 0 Å². The van der Waals surface area contributed by atoms with Crippen LogP contribution in [0.5, 0.6) is 0 Å². The first kappa shape index (κ1) is 10.0. The minimum absolute atomic E-state index is 0.707. The molecule has 0 bridgehead atoms. The van der Waals surface area contributed by atoms with Crippen molar-refractivity contribution in [2.24, 2.45) is 5.92 Å². The van der Waals surface area contributed by atoms with Crippen molar-refractivity contribution in [2.75, 3.05) is 0 Å². The Bertz CT molecular complexity index is 274. The van der Waals surface area contributed by atoms with Gasteiger partial charge in [-0.25, -0.2) is 0 Å². The fraction of sp³-hybridized carbons (Fsp3) is 0.385. The van der Waals surface area contributed by atoms with E-state index in [0.29, 0.717) is 5.92 Å². The topological polar surface area (TPSA) is 0 Å². The van der Waals surface area contributed by atoms with Crippen molar-refractivity contribution >= 4 is 0 Å². The lowest BCUT2D eigenvalue weighted by Gasteiger charge is -2.11. The Labute approximate surface area is 81.4 Å². The third kappa shape index (κ3) is 3.06. The minimum Gasteiger partial charge on any atom is -0.0877 e. The highest BCUT2D eigenvalue weighted by atomic mass is 14.1. The Hall–Kier alpha value is -1.04. The Morgan fingerprint density at radius 2 is 2.31 bits per heavy atom. The second-order valence-electron chi connectivity index (χ2n) is 3.61. The summed E-state index contributed by atoms with van der Waals surface area (Å²) in [5.74, 6) is 0.707. The third-order valence-electron chi connectivity index (χ3n) is 2.31. The summed E-state index contributed by atoms with van der Waals surface area (Å²) in [6.45, 7) is 6.44. The molecule has 13 heavy (non-hydrogen) atoms. The van der Waals surface area contributed by atoms with Crippen LogP contribution in [0.1, 0.15) is 27.2 Å². The predicted molar refractivity (Wildman–Crippen MR) is 59.6 cm³/mol. The van der Waals surface area contributed by atoms with Crippen LogP contribution in [0, 0.1) is 5.92 Å². The minimum atomic E-state index is 0.707. The van der Waals surface area contributed by atoms with Crippen molar-refractivity contribution < 1.29 is 0 Å². The van der Waals surface area contributed by atoms with Crippen LogP contribution in [0.2, 0.25) is 0 Å². The van der Waals surface area contributed by atoms with Crippen LogP contribution in [-0.4, -0.2) is 0 Å². The molecule has 0 aromatic heterocycles. The molecule has 1 rings (SSSR count). The molecule has 1 aliphatic carbocycles. The molecule has 0 heterocycles. The SMILES string of the molecule is CC=CC=C(C)C1=CCC(C)C=C1. The molecule has 0 N–H and O–H groups in total. The van der Waals surface area contributed by atoms with E-state index < -0.39 is 0 Å². The van der Waals surface area contributed by atoms with Crippen molar-refractivity contribution in [1.29, 1.82) is 0 Å². The highest BCUT2D eigenvalue weighted by Crippen LogP contribution is 2.20. The van der Waals surface area contributed by atoms with Crippen molar-refractivity contribution in [1.82, 2.24) is 0 Å². The second kappa shape index (κ2) is 4.86. The highest BCUT2D eigenvalue weighted by molar-refractivity contribution is 5.41. The molecule has 0 spiro atoms. The summed E-state index contributed by atoms with van der Waals surface area (Å²) in [6.07, 6.45) is 14.3. The maximum absolute atomic E-state index is 2.32. The third-order valence-corrected chi connectivity index (χ3v) is 2.31. The van der Waals surface area contributed by atoms with Crippen molar-refractivity contribution in [3.05, 3.63) is 47.6 Å². The van der Waals surface area contributed by atoms with Crippen LogP contribution in [0.25, 0.3) is 0 Å². The Kier molecular flexibility index (Phi) is 3.75. The Morgan fingerprint density at radius 1 is 1.54 bits per heavy atom. The quantitative estimate of drug-likeness (QED) is 0.554. The first-order valence-electron chi connectivity index (χ1n) is 4.92. The standard InChI is InChI=1S/C13H18/c1-4-5-6-12(3)13-9-7-11(2)8-10-13/h4-7,9-11H,8H2,1-3H3. The van der Waals surface area contributed by atoms with Gasteiger partial charge in [-0.2, -0.15) is 0 Å². The average Bonchev–Trinajstić information content (AvgIpc) is 2.15. The number of rotatable bonds is 2. The van der Waals surface area contributed by atoms with Gasteiger partial charge < -0.3 is 0 Å². The van der Waals surface area contributed by atoms with Crippen LogP contribution < -0.4 is 0 Å². The molecule has 0 heteroatoms. The smallest absolute Gasteiger partial charge is 0.0224 e. The second-order valence-corrected chi connectivity index (χ2v) is 3.61. The van der Waals surface area contributed by atoms with Crippen molar-refractivity contribution in [3.8, 4) is 0 Å². The lowest BCUT2D eigenvalue weighted by atomic mass is 9.95. The van der Waals surface area contributed by atoms with Gasteiger partial charge in [0.2, 0.25) is 0 Å². The predicted octanol–water partition coefficient (Wildman–Crippen LogP) is 4.03. The zero-order chi connectivity index (χ0) is 9.68. The van der Waals surface area contributed by atoms with Crippen LogP contribution in [-0.2, 0) is 0 Å². The van der Waals surface area contributed by atoms with Crippen LogP contribution >= 0.6 is 0 Å². The molecule has 0 fully saturated rings. The van der Waals surface area contributed by atoms with Gasteiger partial charge in [0.05, 0.1) is 0 Å². The van der Waals surface area contributed by atoms with Gasteiger partial charge in [-0.1, -0.05) is 43.4 Å². The fourth-order valence-electron chi connectivity index (χ4n) is 1.36. The highest BCUT2D eigenvalue weighted by Gasteiger charge is 2.03. The normalized spacial score (nSPS) is 23.8. The molecule has 0 radical (unpaired) electrons. The Morgan fingerprint density at radius 3 is 2.85 bits per heavy atom. The van der Waals surface area contributed by atoms with Gasteiger partial charge in [-0.3, -0.25) is 0 Å². The van der Waals surface area contributed by atoms with Gasteiger partial charge in [-0.15, -0.1) is 0 Å². The number of hydrogen-bond donors (Lipinski definition) is 0. The molecule has 0 saturated heterocycles. The summed E-state index contributed by atoms with van der Waals surface area (Å²) in [4.78, 5) is 0. The zero-order valence-electron chi connectivity index (χ0n) is 8.75. The lowest BCUT2D eigenvalue weighted by molar-refractivity contribution is 0.732. The monoisotopic (exact) mass is 174 g/mol. The molecular formula is C13H18. The average molecular weight is 174 g/mol. The summed E-state index contributed by atoms with van der Waals surface area (Å²) >= 11 is 0. The van der Waals surface area contributed by atoms with E-state index in [0.717, 1.165) is 0 Å². The van der Waals surface area contributed by atoms with Gasteiger partial charge in [-0.05, 0) is 37.3 Å². The van der Waals surface area contributed by atoms with Crippen molar-refractivity contribution in [3.63, 3.8) is 0 Å². The lowest BCUT2D eigenvalue weighted by Crippen LogP contribution is -1.94.